The first-order valence-corrected chi connectivity index (χ1v) is 10.1. The Kier molecular flexibility index (Phi) is 7.31. The molecule has 2 aromatic rings. The van der Waals surface area contributed by atoms with Crippen molar-refractivity contribution in [2.75, 3.05) is 31.4 Å². The summed E-state index contributed by atoms with van der Waals surface area (Å²) in [4.78, 5) is 37.3. The third-order valence-electron chi connectivity index (χ3n) is 4.75. The summed E-state index contributed by atoms with van der Waals surface area (Å²) in [5, 5.41) is 16.0. The molecule has 2 heterocycles. The topological polar surface area (TPSA) is 113 Å². The number of nitrogens with zero attached hydrogens (tertiary/aromatic N) is 2. The summed E-state index contributed by atoms with van der Waals surface area (Å²) >= 11 is 5.53. The number of amides is 2. The fourth-order valence-corrected chi connectivity index (χ4v) is 3.27. The maximum absolute atomic E-state index is 14.1. The van der Waals surface area contributed by atoms with Gasteiger partial charge in [0, 0.05) is 24.9 Å². The zero-order valence-corrected chi connectivity index (χ0v) is 17.8. The maximum atomic E-state index is 14.1. The van der Waals surface area contributed by atoms with Gasteiger partial charge in [-0.15, -0.1) is 0 Å². The van der Waals surface area contributed by atoms with Crippen LogP contribution in [0, 0.1) is 11.6 Å². The Morgan fingerprint density at radius 2 is 2.06 bits per heavy atom. The summed E-state index contributed by atoms with van der Waals surface area (Å²) in [6, 6.07) is 2.06. The highest BCUT2D eigenvalue weighted by atomic mass is 35.5. The second kappa shape index (κ2) is 9.96. The van der Waals surface area contributed by atoms with Crippen LogP contribution in [0.4, 0.5) is 8.78 Å². The average Bonchev–Trinajstić information content (AvgIpc) is 2.77. The van der Waals surface area contributed by atoms with Crippen LogP contribution in [-0.2, 0) is 11.3 Å². The predicted octanol–water partition coefficient (Wildman–Crippen LogP) is 1.48. The molecule has 1 aliphatic rings. The van der Waals surface area contributed by atoms with Gasteiger partial charge in [-0.2, -0.15) is 0 Å². The van der Waals surface area contributed by atoms with Crippen molar-refractivity contribution in [3.05, 3.63) is 62.0 Å². The van der Waals surface area contributed by atoms with Gasteiger partial charge in [-0.3, -0.25) is 24.1 Å². The Balaban J connectivity index is 1.86. The van der Waals surface area contributed by atoms with Crippen molar-refractivity contribution < 1.29 is 28.2 Å². The number of hydrogen-bond acceptors (Lipinski definition) is 6. The minimum absolute atomic E-state index is 0.0595. The van der Waals surface area contributed by atoms with E-state index in [0.717, 1.165) is 24.8 Å². The van der Waals surface area contributed by atoms with Gasteiger partial charge in [-0.25, -0.2) is 8.78 Å². The molecular weight excluding hydrogens is 450 g/mol. The van der Waals surface area contributed by atoms with E-state index in [2.05, 4.69) is 10.6 Å². The SMILES string of the molecule is CCCOCCN1CNC(=O)c2c(O)c(=O)c(C(=O)NCc3ccc(F)c(Cl)c3F)cn21. The molecule has 0 atom stereocenters. The predicted molar refractivity (Wildman–Crippen MR) is 111 cm³/mol. The van der Waals surface area contributed by atoms with E-state index in [9.17, 15) is 28.3 Å². The number of carbonyl (C=O) groups is 2. The van der Waals surface area contributed by atoms with Crippen LogP contribution in [0.25, 0.3) is 0 Å². The molecule has 0 saturated heterocycles. The summed E-state index contributed by atoms with van der Waals surface area (Å²) in [6.45, 7) is 2.78. The van der Waals surface area contributed by atoms with Gasteiger partial charge in [0.15, 0.2) is 11.4 Å². The van der Waals surface area contributed by atoms with Gasteiger partial charge >= 0.3 is 0 Å². The molecule has 0 unspecified atom stereocenters. The maximum Gasteiger partial charge on any atom is 0.275 e. The highest BCUT2D eigenvalue weighted by molar-refractivity contribution is 6.30. The molecular formula is C20H21ClF2N4O5. The number of rotatable bonds is 8. The van der Waals surface area contributed by atoms with Crippen LogP contribution < -0.4 is 21.1 Å². The zero-order valence-electron chi connectivity index (χ0n) is 17.1. The summed E-state index contributed by atoms with van der Waals surface area (Å²) in [7, 11) is 0. The Morgan fingerprint density at radius 3 is 2.78 bits per heavy atom. The quantitative estimate of drug-likeness (QED) is 0.398. The van der Waals surface area contributed by atoms with E-state index in [0.29, 0.717) is 19.8 Å². The monoisotopic (exact) mass is 470 g/mol. The van der Waals surface area contributed by atoms with Crippen LogP contribution in [0.2, 0.25) is 5.02 Å². The van der Waals surface area contributed by atoms with E-state index in [4.69, 9.17) is 16.3 Å². The smallest absolute Gasteiger partial charge is 0.275 e. The second-order valence-corrected chi connectivity index (χ2v) is 7.32. The van der Waals surface area contributed by atoms with E-state index >= 15 is 0 Å². The fraction of sp³-hybridized carbons (Fsp3) is 0.350. The lowest BCUT2D eigenvalue weighted by atomic mass is 10.1. The van der Waals surface area contributed by atoms with Crippen molar-refractivity contribution in [3.8, 4) is 5.75 Å². The van der Waals surface area contributed by atoms with Crippen molar-refractivity contribution in [3.63, 3.8) is 0 Å². The van der Waals surface area contributed by atoms with Crippen LogP contribution in [-0.4, -0.2) is 48.0 Å². The lowest BCUT2D eigenvalue weighted by Crippen LogP contribution is -2.53. The van der Waals surface area contributed by atoms with Gasteiger partial charge in [-0.05, 0) is 12.5 Å². The third-order valence-corrected chi connectivity index (χ3v) is 5.09. The highest BCUT2D eigenvalue weighted by Gasteiger charge is 2.29. The standard InChI is InChI=1S/C20H21ClF2N4O5/c1-2-6-32-7-5-26-10-25-20(31)16-18(29)17(28)12(9-27(16)26)19(30)24-8-11-3-4-13(22)14(21)15(11)23/h3-4,9,29H,2,5-8,10H2,1H3,(H,24,30)(H,25,31). The highest BCUT2D eigenvalue weighted by Crippen LogP contribution is 2.22. The number of halogens is 3. The Bertz CT molecular complexity index is 1110. The van der Waals surface area contributed by atoms with Gasteiger partial charge < -0.3 is 20.5 Å². The molecule has 0 bridgehead atoms. The van der Waals surface area contributed by atoms with Crippen LogP contribution in [0.15, 0.2) is 23.1 Å². The molecule has 1 aromatic carbocycles. The van der Waals surface area contributed by atoms with Crippen molar-refractivity contribution in [1.82, 2.24) is 15.3 Å². The molecule has 0 spiro atoms. The number of aromatic hydroxyl groups is 1. The largest absolute Gasteiger partial charge is 0.502 e. The van der Waals surface area contributed by atoms with Crippen molar-refractivity contribution in [2.45, 2.75) is 19.9 Å². The summed E-state index contributed by atoms with van der Waals surface area (Å²) in [6.07, 6.45) is 1.95. The molecule has 0 saturated carbocycles. The van der Waals surface area contributed by atoms with Crippen LogP contribution in [0.3, 0.4) is 0 Å². The van der Waals surface area contributed by atoms with E-state index in [1.54, 1.807) is 5.01 Å². The summed E-state index contributed by atoms with van der Waals surface area (Å²) in [5.74, 6) is -4.48. The molecule has 12 heteroatoms. The Labute approximate surface area is 186 Å². The molecule has 1 aliphatic heterocycles. The molecule has 0 fully saturated rings. The number of fused-ring (bicyclic) bond motifs is 1. The molecule has 1 aromatic heterocycles. The van der Waals surface area contributed by atoms with E-state index in [-0.39, 0.29) is 24.5 Å². The number of ether oxygens (including phenoxy) is 1. The third kappa shape index (κ3) is 4.68. The summed E-state index contributed by atoms with van der Waals surface area (Å²) < 4.78 is 34.0. The first-order chi connectivity index (χ1) is 15.3. The number of aromatic nitrogens is 1. The number of hydrogen-bond donors (Lipinski definition) is 3. The summed E-state index contributed by atoms with van der Waals surface area (Å²) in [5.41, 5.74) is -1.94. The van der Waals surface area contributed by atoms with Crippen LogP contribution in [0.1, 0.15) is 39.8 Å². The van der Waals surface area contributed by atoms with Crippen LogP contribution >= 0.6 is 11.6 Å². The van der Waals surface area contributed by atoms with E-state index in [1.807, 2.05) is 6.92 Å². The Hall–Kier alpha value is -3.18. The van der Waals surface area contributed by atoms with Crippen LogP contribution in [0.5, 0.6) is 5.75 Å². The molecule has 32 heavy (non-hydrogen) atoms. The van der Waals surface area contributed by atoms with Crippen molar-refractivity contribution in [1.29, 1.82) is 0 Å². The van der Waals surface area contributed by atoms with Gasteiger partial charge in [-0.1, -0.05) is 24.6 Å². The second-order valence-electron chi connectivity index (χ2n) is 6.94. The van der Waals surface area contributed by atoms with Gasteiger partial charge in [0.05, 0.1) is 13.2 Å². The fourth-order valence-electron chi connectivity index (χ4n) is 3.08. The number of carbonyl (C=O) groups excluding carboxylic acids is 2. The molecule has 2 amide bonds. The molecule has 0 radical (unpaired) electrons. The van der Waals surface area contributed by atoms with Gasteiger partial charge in [0.25, 0.3) is 11.8 Å². The zero-order chi connectivity index (χ0) is 23.4. The Morgan fingerprint density at radius 1 is 1.31 bits per heavy atom. The minimum Gasteiger partial charge on any atom is -0.502 e. The van der Waals surface area contributed by atoms with E-state index in [1.165, 1.54) is 4.68 Å². The molecule has 172 valence electrons. The minimum atomic E-state index is -1.06. The molecule has 3 N–H and O–H groups in total. The first-order valence-electron chi connectivity index (χ1n) is 9.76. The molecule has 9 nitrogen and oxygen atoms in total. The number of nitrogens with one attached hydrogen (secondary N) is 2. The lowest BCUT2D eigenvalue weighted by Gasteiger charge is -2.33. The average molecular weight is 471 g/mol. The van der Waals surface area contributed by atoms with Crippen molar-refractivity contribution >= 4 is 23.4 Å². The molecule has 3 rings (SSSR count). The van der Waals surface area contributed by atoms with Crippen molar-refractivity contribution in [2.24, 2.45) is 0 Å². The number of benzene rings is 1. The normalized spacial score (nSPS) is 13.0. The molecule has 0 aliphatic carbocycles. The first kappa shape index (κ1) is 23.5. The lowest BCUT2D eigenvalue weighted by molar-refractivity contribution is 0.0899. The van der Waals surface area contributed by atoms with Gasteiger partial charge in [0.2, 0.25) is 5.43 Å². The van der Waals surface area contributed by atoms with E-state index < -0.39 is 45.2 Å². The number of pyridine rings is 1. The van der Waals surface area contributed by atoms with Gasteiger partial charge in [0.1, 0.15) is 28.9 Å².